The molecule has 0 spiro atoms. The van der Waals surface area contributed by atoms with Crippen LogP contribution in [0.2, 0.25) is 5.02 Å². The van der Waals surface area contributed by atoms with Crippen LogP contribution in [0.4, 0.5) is 0 Å². The molecule has 96 valence electrons. The zero-order valence-electron chi connectivity index (χ0n) is 10.7. The molecule has 0 radical (unpaired) electrons. The van der Waals surface area contributed by atoms with Crippen LogP contribution in [0, 0.1) is 0 Å². The van der Waals surface area contributed by atoms with Gasteiger partial charge in [0.25, 0.3) is 0 Å². The van der Waals surface area contributed by atoms with Crippen molar-refractivity contribution in [3.63, 3.8) is 0 Å². The summed E-state index contributed by atoms with van der Waals surface area (Å²) in [7, 11) is 0. The van der Waals surface area contributed by atoms with Crippen molar-refractivity contribution >= 4 is 23.4 Å². The van der Waals surface area contributed by atoms with Crippen molar-refractivity contribution in [3.8, 4) is 0 Å². The summed E-state index contributed by atoms with van der Waals surface area (Å²) in [6.07, 6.45) is 3.42. The average molecular weight is 272 g/mol. The minimum absolute atomic E-state index is 0.322. The normalized spacial score (nSPS) is 14.6. The van der Waals surface area contributed by atoms with E-state index in [0.717, 1.165) is 23.6 Å². The van der Waals surface area contributed by atoms with Gasteiger partial charge in [0, 0.05) is 22.1 Å². The van der Waals surface area contributed by atoms with E-state index in [1.807, 2.05) is 23.9 Å². The third kappa shape index (κ3) is 5.33. The molecule has 0 saturated carbocycles. The van der Waals surface area contributed by atoms with Crippen molar-refractivity contribution in [3.05, 3.63) is 34.9 Å². The van der Waals surface area contributed by atoms with Crippen LogP contribution in [-0.4, -0.2) is 11.3 Å². The molecule has 0 aromatic heterocycles. The first-order chi connectivity index (χ1) is 8.17. The Kier molecular flexibility index (Phi) is 7.02. The average Bonchev–Trinajstić information content (AvgIpc) is 2.32. The maximum Gasteiger partial charge on any atom is 0.0406 e. The van der Waals surface area contributed by atoms with E-state index in [0.29, 0.717) is 11.3 Å². The Hall–Kier alpha value is -0.180. The van der Waals surface area contributed by atoms with Crippen LogP contribution in [0.3, 0.4) is 0 Å². The fourth-order valence-electron chi connectivity index (χ4n) is 1.85. The van der Waals surface area contributed by atoms with Gasteiger partial charge in [0.2, 0.25) is 0 Å². The quantitative estimate of drug-likeness (QED) is 0.791. The summed E-state index contributed by atoms with van der Waals surface area (Å²) in [6, 6.07) is 8.40. The summed E-state index contributed by atoms with van der Waals surface area (Å²) in [4.78, 5) is 0. The smallest absolute Gasteiger partial charge is 0.0406 e. The lowest BCUT2D eigenvalue weighted by atomic mass is 10.1. The molecule has 3 heteroatoms. The predicted molar refractivity (Wildman–Crippen MR) is 79.7 cm³/mol. The highest BCUT2D eigenvalue weighted by Gasteiger charge is 2.15. The van der Waals surface area contributed by atoms with Gasteiger partial charge in [-0.3, -0.25) is 0 Å². The van der Waals surface area contributed by atoms with E-state index in [2.05, 4.69) is 26.0 Å². The van der Waals surface area contributed by atoms with Gasteiger partial charge in [0.05, 0.1) is 0 Å². The zero-order chi connectivity index (χ0) is 12.7. The Morgan fingerprint density at radius 1 is 1.24 bits per heavy atom. The van der Waals surface area contributed by atoms with Crippen LogP contribution in [0.5, 0.6) is 0 Å². The van der Waals surface area contributed by atoms with E-state index in [-0.39, 0.29) is 0 Å². The van der Waals surface area contributed by atoms with Crippen molar-refractivity contribution in [2.24, 2.45) is 5.73 Å². The summed E-state index contributed by atoms with van der Waals surface area (Å²) in [6.45, 7) is 4.41. The fourth-order valence-corrected chi connectivity index (χ4v) is 3.19. The van der Waals surface area contributed by atoms with E-state index in [4.69, 9.17) is 17.3 Å². The van der Waals surface area contributed by atoms with Gasteiger partial charge in [0.15, 0.2) is 0 Å². The molecule has 0 aliphatic heterocycles. The second kappa shape index (κ2) is 8.02. The molecule has 17 heavy (non-hydrogen) atoms. The summed E-state index contributed by atoms with van der Waals surface area (Å²) < 4.78 is 0. The Bertz CT molecular complexity index is 313. The third-order valence-corrected chi connectivity index (χ3v) is 4.74. The Balaban J connectivity index is 2.44. The summed E-state index contributed by atoms with van der Waals surface area (Å²) in [5, 5.41) is 1.36. The molecule has 1 aromatic carbocycles. The molecule has 2 N–H and O–H groups in total. The molecule has 1 nitrogen and oxygen atoms in total. The number of benzene rings is 1. The molecule has 0 fully saturated rings. The monoisotopic (exact) mass is 271 g/mol. The summed E-state index contributed by atoms with van der Waals surface area (Å²) >= 11 is 7.83. The van der Waals surface area contributed by atoms with Crippen LogP contribution in [-0.2, 0) is 5.75 Å². The van der Waals surface area contributed by atoms with Crippen LogP contribution in [0.1, 0.15) is 38.7 Å². The van der Waals surface area contributed by atoms with Gasteiger partial charge in [0.1, 0.15) is 0 Å². The summed E-state index contributed by atoms with van der Waals surface area (Å²) in [5.74, 6) is 1.02. The van der Waals surface area contributed by atoms with E-state index >= 15 is 0 Å². The maximum absolute atomic E-state index is 6.19. The van der Waals surface area contributed by atoms with E-state index in [9.17, 15) is 0 Å². The van der Waals surface area contributed by atoms with Crippen molar-refractivity contribution in [2.75, 3.05) is 0 Å². The number of hydrogen-bond donors (Lipinski definition) is 1. The summed E-state index contributed by atoms with van der Waals surface area (Å²) in [5.41, 5.74) is 7.51. The highest BCUT2D eigenvalue weighted by molar-refractivity contribution is 7.99. The molecule has 2 unspecified atom stereocenters. The minimum atomic E-state index is 0.322. The lowest BCUT2D eigenvalue weighted by Gasteiger charge is -2.21. The van der Waals surface area contributed by atoms with Crippen molar-refractivity contribution in [1.29, 1.82) is 0 Å². The van der Waals surface area contributed by atoms with Gasteiger partial charge < -0.3 is 5.73 Å². The standard InChI is InChI=1S/C14H22ClNS/c1-3-5-13(16)14(4-2)17-10-11-6-8-12(15)9-7-11/h6-9,13-14H,3-5,10,16H2,1-2H3. The molecule has 0 heterocycles. The molecular weight excluding hydrogens is 250 g/mol. The van der Waals surface area contributed by atoms with Crippen LogP contribution < -0.4 is 5.73 Å². The molecular formula is C14H22ClNS. The zero-order valence-corrected chi connectivity index (χ0v) is 12.2. The highest BCUT2D eigenvalue weighted by atomic mass is 35.5. The highest BCUT2D eigenvalue weighted by Crippen LogP contribution is 2.24. The second-order valence-electron chi connectivity index (χ2n) is 4.34. The van der Waals surface area contributed by atoms with Crippen LogP contribution in [0.15, 0.2) is 24.3 Å². The lowest BCUT2D eigenvalue weighted by molar-refractivity contribution is 0.566. The van der Waals surface area contributed by atoms with Gasteiger partial charge in [-0.1, -0.05) is 44.0 Å². The number of halogens is 1. The van der Waals surface area contributed by atoms with E-state index in [1.54, 1.807) is 0 Å². The first-order valence-corrected chi connectivity index (χ1v) is 7.71. The Morgan fingerprint density at radius 3 is 2.41 bits per heavy atom. The van der Waals surface area contributed by atoms with Crippen LogP contribution in [0.25, 0.3) is 0 Å². The van der Waals surface area contributed by atoms with Crippen molar-refractivity contribution in [2.45, 2.75) is 50.2 Å². The molecule has 0 saturated heterocycles. The Labute approximate surface area is 114 Å². The van der Waals surface area contributed by atoms with Crippen molar-refractivity contribution < 1.29 is 0 Å². The molecule has 0 amide bonds. The van der Waals surface area contributed by atoms with Gasteiger partial charge >= 0.3 is 0 Å². The van der Waals surface area contributed by atoms with Gasteiger partial charge in [-0.15, -0.1) is 0 Å². The molecule has 0 aliphatic carbocycles. The minimum Gasteiger partial charge on any atom is -0.327 e. The number of nitrogens with two attached hydrogens (primary N) is 1. The lowest BCUT2D eigenvalue weighted by Crippen LogP contribution is -2.31. The van der Waals surface area contributed by atoms with E-state index < -0.39 is 0 Å². The largest absolute Gasteiger partial charge is 0.327 e. The fraction of sp³-hybridized carbons (Fsp3) is 0.571. The first kappa shape index (κ1) is 14.9. The van der Waals surface area contributed by atoms with E-state index in [1.165, 1.54) is 12.0 Å². The SMILES string of the molecule is CCCC(N)C(CC)SCc1ccc(Cl)cc1. The van der Waals surface area contributed by atoms with Crippen LogP contribution >= 0.6 is 23.4 Å². The van der Waals surface area contributed by atoms with Crippen molar-refractivity contribution in [1.82, 2.24) is 0 Å². The maximum atomic E-state index is 6.19. The number of hydrogen-bond acceptors (Lipinski definition) is 2. The molecule has 1 aromatic rings. The first-order valence-electron chi connectivity index (χ1n) is 6.29. The Morgan fingerprint density at radius 2 is 1.88 bits per heavy atom. The van der Waals surface area contributed by atoms with Gasteiger partial charge in [-0.05, 0) is 30.5 Å². The molecule has 2 atom stereocenters. The number of thioether (sulfide) groups is 1. The molecule has 0 bridgehead atoms. The molecule has 0 aliphatic rings. The van der Waals surface area contributed by atoms with Gasteiger partial charge in [-0.25, -0.2) is 0 Å². The predicted octanol–water partition coefficient (Wildman–Crippen LogP) is 4.48. The van der Waals surface area contributed by atoms with Gasteiger partial charge in [-0.2, -0.15) is 11.8 Å². The molecule has 1 rings (SSSR count). The topological polar surface area (TPSA) is 26.0 Å². The third-order valence-electron chi connectivity index (χ3n) is 2.88. The number of rotatable bonds is 7. The second-order valence-corrected chi connectivity index (χ2v) is 6.00.